The molecule has 6 atom stereocenters. The zero-order chi connectivity index (χ0) is 11.2. The standard InChI is InChI=1S/C11H11BrO4/c12-7-5-3(9(13)14)4-6(11(5)1-2-11)8(7)16-10(4)15/h3-8H,1-2H2,(H,13,14)/t3-,4-,5+,6+,7-,8+/m0/s1. The topological polar surface area (TPSA) is 63.6 Å². The number of aliphatic carboxylic acids is 1. The first-order valence-corrected chi connectivity index (χ1v) is 6.57. The third-order valence-electron chi connectivity index (χ3n) is 5.14. The SMILES string of the molecule is O=C(O)[C@H]1[C@@H]2C(=O)O[C@H]3[C@@H](Br)[C@@H]1C1(CC1)[C@@H]32. The maximum Gasteiger partial charge on any atom is 0.310 e. The second-order valence-electron chi connectivity index (χ2n) is 5.52. The molecule has 4 nitrogen and oxygen atoms in total. The van der Waals surface area contributed by atoms with E-state index in [-0.39, 0.29) is 40.1 Å². The number of rotatable bonds is 1. The lowest BCUT2D eigenvalue weighted by Gasteiger charge is -2.25. The Bertz CT molecular complexity index is 416. The molecule has 16 heavy (non-hydrogen) atoms. The third kappa shape index (κ3) is 0.753. The molecule has 1 N–H and O–H groups in total. The molecule has 4 rings (SSSR count). The number of carboxylic acids is 1. The van der Waals surface area contributed by atoms with Crippen molar-refractivity contribution in [2.75, 3.05) is 0 Å². The summed E-state index contributed by atoms with van der Waals surface area (Å²) in [6, 6.07) is 0. The monoisotopic (exact) mass is 286 g/mol. The zero-order valence-corrected chi connectivity index (χ0v) is 10.0. The van der Waals surface area contributed by atoms with Gasteiger partial charge in [-0.2, -0.15) is 0 Å². The average molecular weight is 287 g/mol. The van der Waals surface area contributed by atoms with Gasteiger partial charge in [0.25, 0.3) is 0 Å². The molecule has 1 heterocycles. The largest absolute Gasteiger partial charge is 0.481 e. The maximum atomic E-state index is 11.8. The fraction of sp³-hybridized carbons (Fsp3) is 0.818. The molecule has 5 heteroatoms. The van der Waals surface area contributed by atoms with Crippen LogP contribution in [-0.4, -0.2) is 28.0 Å². The molecule has 3 aliphatic carbocycles. The van der Waals surface area contributed by atoms with Gasteiger partial charge in [0.05, 0.1) is 16.7 Å². The van der Waals surface area contributed by atoms with Crippen LogP contribution in [0.25, 0.3) is 0 Å². The highest BCUT2D eigenvalue weighted by atomic mass is 79.9. The number of alkyl halides is 1. The van der Waals surface area contributed by atoms with Crippen LogP contribution in [0, 0.1) is 29.1 Å². The number of carbonyl (C=O) groups is 2. The molecule has 0 unspecified atom stereocenters. The van der Waals surface area contributed by atoms with Gasteiger partial charge in [-0.1, -0.05) is 15.9 Å². The Morgan fingerprint density at radius 1 is 1.44 bits per heavy atom. The number of hydrogen-bond donors (Lipinski definition) is 1. The summed E-state index contributed by atoms with van der Waals surface area (Å²) in [5, 5.41) is 9.32. The van der Waals surface area contributed by atoms with Crippen molar-refractivity contribution in [3.8, 4) is 0 Å². The molecule has 1 spiro atoms. The molecule has 0 radical (unpaired) electrons. The van der Waals surface area contributed by atoms with E-state index in [0.29, 0.717) is 0 Å². The summed E-state index contributed by atoms with van der Waals surface area (Å²) in [6.07, 6.45) is 2.07. The van der Waals surface area contributed by atoms with Crippen molar-refractivity contribution >= 4 is 27.9 Å². The van der Waals surface area contributed by atoms with Crippen LogP contribution in [-0.2, 0) is 14.3 Å². The summed E-state index contributed by atoms with van der Waals surface area (Å²) in [6.45, 7) is 0. The molecule has 4 aliphatic rings. The average Bonchev–Trinajstić information content (AvgIpc) is 2.80. The van der Waals surface area contributed by atoms with E-state index in [9.17, 15) is 14.7 Å². The number of halogens is 1. The van der Waals surface area contributed by atoms with Gasteiger partial charge in [-0.3, -0.25) is 9.59 Å². The first-order valence-electron chi connectivity index (χ1n) is 5.65. The number of carbonyl (C=O) groups excluding carboxylic acids is 1. The Kier molecular flexibility index (Phi) is 1.46. The summed E-state index contributed by atoms with van der Waals surface area (Å²) in [4.78, 5) is 23.2. The van der Waals surface area contributed by atoms with E-state index in [1.54, 1.807) is 0 Å². The summed E-state index contributed by atoms with van der Waals surface area (Å²) in [5.41, 5.74) is 0.110. The Morgan fingerprint density at radius 3 is 2.69 bits per heavy atom. The molecule has 2 bridgehead atoms. The lowest BCUT2D eigenvalue weighted by atomic mass is 9.80. The van der Waals surface area contributed by atoms with E-state index in [4.69, 9.17) is 4.74 Å². The molecule has 1 aliphatic heterocycles. The van der Waals surface area contributed by atoms with Gasteiger partial charge >= 0.3 is 11.9 Å². The van der Waals surface area contributed by atoms with Gasteiger partial charge < -0.3 is 9.84 Å². The van der Waals surface area contributed by atoms with E-state index >= 15 is 0 Å². The number of esters is 1. The fourth-order valence-electron chi connectivity index (χ4n) is 4.60. The molecule has 3 saturated carbocycles. The molecule has 1 saturated heterocycles. The van der Waals surface area contributed by atoms with Crippen LogP contribution < -0.4 is 0 Å². The third-order valence-corrected chi connectivity index (χ3v) is 6.23. The molecular weight excluding hydrogens is 276 g/mol. The number of ether oxygens (including phenoxy) is 1. The second kappa shape index (κ2) is 2.47. The second-order valence-corrected chi connectivity index (χ2v) is 6.58. The number of carboxylic acid groups (broad SMARTS) is 1. The molecular formula is C11H11BrO4. The van der Waals surface area contributed by atoms with Crippen LogP contribution in [0.2, 0.25) is 0 Å². The van der Waals surface area contributed by atoms with Gasteiger partial charge in [-0.25, -0.2) is 0 Å². The van der Waals surface area contributed by atoms with Gasteiger partial charge in [0.2, 0.25) is 0 Å². The summed E-state index contributed by atoms with van der Waals surface area (Å²) < 4.78 is 5.36. The van der Waals surface area contributed by atoms with Crippen molar-refractivity contribution in [3.05, 3.63) is 0 Å². The smallest absolute Gasteiger partial charge is 0.310 e. The van der Waals surface area contributed by atoms with Gasteiger partial charge in [-0.15, -0.1) is 0 Å². The highest BCUT2D eigenvalue weighted by molar-refractivity contribution is 9.09. The van der Waals surface area contributed by atoms with E-state index in [1.807, 2.05) is 0 Å². The van der Waals surface area contributed by atoms with Gasteiger partial charge in [0, 0.05) is 5.92 Å². The van der Waals surface area contributed by atoms with Crippen LogP contribution in [0.4, 0.5) is 0 Å². The summed E-state index contributed by atoms with van der Waals surface area (Å²) >= 11 is 3.56. The number of hydrogen-bond acceptors (Lipinski definition) is 3. The van der Waals surface area contributed by atoms with Crippen molar-refractivity contribution in [2.45, 2.75) is 23.8 Å². The maximum absolute atomic E-state index is 11.8. The predicted molar refractivity (Wildman–Crippen MR) is 55.9 cm³/mol. The minimum atomic E-state index is -0.828. The van der Waals surface area contributed by atoms with Crippen LogP contribution in [0.3, 0.4) is 0 Å². The van der Waals surface area contributed by atoms with Gasteiger partial charge in [0.15, 0.2) is 0 Å². The van der Waals surface area contributed by atoms with Crippen LogP contribution in [0.15, 0.2) is 0 Å². The quantitative estimate of drug-likeness (QED) is 0.578. The first-order chi connectivity index (χ1) is 7.58. The van der Waals surface area contributed by atoms with E-state index in [2.05, 4.69) is 15.9 Å². The highest BCUT2D eigenvalue weighted by Gasteiger charge is 2.81. The Labute approximate surface area is 100 Å². The lowest BCUT2D eigenvalue weighted by Crippen LogP contribution is -2.37. The Balaban J connectivity index is 1.89. The van der Waals surface area contributed by atoms with Crippen LogP contribution >= 0.6 is 15.9 Å². The molecule has 4 fully saturated rings. The minimum absolute atomic E-state index is 0.0452. The summed E-state index contributed by atoms with van der Waals surface area (Å²) in [5.74, 6) is -1.75. The van der Waals surface area contributed by atoms with Crippen molar-refractivity contribution in [1.82, 2.24) is 0 Å². The van der Waals surface area contributed by atoms with E-state index < -0.39 is 11.9 Å². The molecule has 0 aromatic heterocycles. The Morgan fingerprint density at radius 2 is 2.12 bits per heavy atom. The lowest BCUT2D eigenvalue weighted by molar-refractivity contribution is -0.151. The van der Waals surface area contributed by atoms with Crippen LogP contribution in [0.5, 0.6) is 0 Å². The van der Waals surface area contributed by atoms with Crippen molar-refractivity contribution < 1.29 is 19.4 Å². The molecule has 0 aromatic rings. The molecule has 0 aromatic carbocycles. The minimum Gasteiger partial charge on any atom is -0.481 e. The Hall–Kier alpha value is -0.580. The van der Waals surface area contributed by atoms with E-state index in [0.717, 1.165) is 12.8 Å². The highest BCUT2D eigenvalue weighted by Crippen LogP contribution is 2.77. The molecule has 86 valence electrons. The van der Waals surface area contributed by atoms with Crippen molar-refractivity contribution in [3.63, 3.8) is 0 Å². The van der Waals surface area contributed by atoms with E-state index in [1.165, 1.54) is 0 Å². The predicted octanol–water partition coefficient (Wildman–Crippen LogP) is 1.03. The normalized spacial score (nSPS) is 54.4. The summed E-state index contributed by atoms with van der Waals surface area (Å²) in [7, 11) is 0. The zero-order valence-electron chi connectivity index (χ0n) is 8.43. The van der Waals surface area contributed by atoms with Crippen molar-refractivity contribution in [1.29, 1.82) is 0 Å². The van der Waals surface area contributed by atoms with Gasteiger partial charge in [-0.05, 0) is 24.2 Å². The first kappa shape index (κ1) is 9.45. The molecule has 0 amide bonds. The fourth-order valence-corrected chi connectivity index (χ4v) is 5.89. The van der Waals surface area contributed by atoms with Gasteiger partial charge in [0.1, 0.15) is 6.10 Å². The van der Waals surface area contributed by atoms with Crippen LogP contribution in [0.1, 0.15) is 12.8 Å². The van der Waals surface area contributed by atoms with Crippen molar-refractivity contribution in [2.24, 2.45) is 29.1 Å².